The lowest BCUT2D eigenvalue weighted by molar-refractivity contribution is 0.0694. The van der Waals surface area contributed by atoms with Crippen LogP contribution in [0.25, 0.3) is 17.1 Å². The van der Waals surface area contributed by atoms with E-state index in [-0.39, 0.29) is 11.4 Å². The summed E-state index contributed by atoms with van der Waals surface area (Å²) in [5, 5.41) is 13.7. The van der Waals surface area contributed by atoms with E-state index in [1.54, 1.807) is 6.07 Å². The number of carboxylic acids is 1. The molecule has 3 aromatic rings. The molecule has 0 saturated heterocycles. The normalized spacial score (nSPS) is 10.6. The lowest BCUT2D eigenvalue weighted by atomic mass is 10.2. The molecule has 8 heteroatoms. The second-order valence-corrected chi connectivity index (χ2v) is 5.24. The molecule has 0 aliphatic heterocycles. The molecule has 6 nitrogen and oxygen atoms in total. The fourth-order valence-corrected chi connectivity index (χ4v) is 2.19. The van der Waals surface area contributed by atoms with Gasteiger partial charge in [-0.3, -0.25) is 9.78 Å². The average Bonchev–Trinajstić information content (AvgIpc) is 2.55. The number of aromatic carboxylic acids is 1. The summed E-state index contributed by atoms with van der Waals surface area (Å²) in [7, 11) is 0. The molecule has 0 atom stereocenters. The van der Waals surface area contributed by atoms with Crippen LogP contribution in [0.2, 0.25) is 5.02 Å². The predicted octanol–water partition coefficient (Wildman–Crippen LogP) is 2.79. The van der Waals surface area contributed by atoms with Gasteiger partial charge in [0, 0.05) is 6.20 Å². The smallest absolute Gasteiger partial charge is 0.341 e. The van der Waals surface area contributed by atoms with Gasteiger partial charge in [0.15, 0.2) is 0 Å². The number of carbonyl (C=O) groups is 1. The summed E-state index contributed by atoms with van der Waals surface area (Å²) in [6.07, 6.45) is 1.37. The van der Waals surface area contributed by atoms with E-state index in [9.17, 15) is 19.1 Å². The summed E-state index contributed by atoms with van der Waals surface area (Å²) in [4.78, 5) is 27.7. The van der Waals surface area contributed by atoms with Crippen LogP contribution in [0.5, 0.6) is 0 Å². The van der Waals surface area contributed by atoms with Gasteiger partial charge in [-0.25, -0.2) is 9.18 Å². The Balaban J connectivity index is 2.27. The van der Waals surface area contributed by atoms with E-state index in [1.807, 2.05) is 0 Å². The maximum Gasteiger partial charge on any atom is 0.341 e. The minimum Gasteiger partial charge on any atom is -0.477 e. The molecule has 0 amide bonds. The van der Waals surface area contributed by atoms with Crippen molar-refractivity contribution in [2.45, 2.75) is 0 Å². The minimum atomic E-state index is -1.41. The Hall–Kier alpha value is -3.06. The van der Waals surface area contributed by atoms with E-state index in [0.717, 1.165) is 16.8 Å². The van der Waals surface area contributed by atoms with Gasteiger partial charge in [0.1, 0.15) is 17.1 Å². The van der Waals surface area contributed by atoms with Crippen LogP contribution in [0.4, 0.5) is 4.39 Å². The van der Waals surface area contributed by atoms with E-state index < -0.39 is 22.9 Å². The Bertz CT molecular complexity index is 987. The number of aromatic nitrogens is 3. The predicted molar refractivity (Wildman–Crippen MR) is 85.0 cm³/mol. The Morgan fingerprint density at radius 2 is 1.96 bits per heavy atom. The van der Waals surface area contributed by atoms with Crippen molar-refractivity contribution in [3.05, 3.63) is 75.4 Å². The fourth-order valence-electron chi connectivity index (χ4n) is 2.08. The van der Waals surface area contributed by atoms with Gasteiger partial charge in [0.2, 0.25) is 0 Å². The number of benzene rings is 1. The van der Waals surface area contributed by atoms with Crippen LogP contribution < -0.4 is 5.56 Å². The first-order valence-corrected chi connectivity index (χ1v) is 7.09. The number of hydrogen-bond acceptors (Lipinski definition) is 4. The molecule has 0 radical (unpaired) electrons. The number of halogens is 2. The van der Waals surface area contributed by atoms with Crippen molar-refractivity contribution in [3.63, 3.8) is 0 Å². The topological polar surface area (TPSA) is 85.1 Å². The third kappa shape index (κ3) is 3.02. The number of hydrogen-bond donors (Lipinski definition) is 1. The Kier molecular flexibility index (Phi) is 4.09. The van der Waals surface area contributed by atoms with Gasteiger partial charge in [0.25, 0.3) is 5.56 Å². The molecule has 1 N–H and O–H groups in total. The van der Waals surface area contributed by atoms with Crippen LogP contribution in [0.15, 0.2) is 53.5 Å². The molecule has 2 heterocycles. The Labute approximate surface area is 139 Å². The van der Waals surface area contributed by atoms with Crippen LogP contribution in [0.3, 0.4) is 0 Å². The highest BCUT2D eigenvalue weighted by molar-refractivity contribution is 6.30. The van der Waals surface area contributed by atoms with Crippen molar-refractivity contribution >= 4 is 17.6 Å². The molecule has 0 bridgehead atoms. The van der Waals surface area contributed by atoms with Gasteiger partial charge < -0.3 is 5.11 Å². The standard InChI is InChI=1S/C16H9ClFN3O3/c17-9-4-5-13(19-8-9)14-7-12(16(23)24)15(22)21(20-14)11-3-1-2-10(18)6-11/h1-8H,(H,23,24). The third-order valence-corrected chi connectivity index (χ3v) is 3.41. The zero-order valence-electron chi connectivity index (χ0n) is 12.0. The summed E-state index contributed by atoms with van der Waals surface area (Å²) in [5.74, 6) is -1.99. The Morgan fingerprint density at radius 3 is 2.58 bits per heavy atom. The molecule has 0 unspecified atom stereocenters. The molecular formula is C16H9ClFN3O3. The van der Waals surface area contributed by atoms with Gasteiger partial charge in [-0.1, -0.05) is 17.7 Å². The molecule has 0 spiro atoms. The second-order valence-electron chi connectivity index (χ2n) is 4.81. The van der Waals surface area contributed by atoms with Crippen molar-refractivity contribution in [1.82, 2.24) is 14.8 Å². The summed E-state index contributed by atoms with van der Waals surface area (Å²) in [6.45, 7) is 0. The lowest BCUT2D eigenvalue weighted by Crippen LogP contribution is -2.27. The summed E-state index contributed by atoms with van der Waals surface area (Å²) >= 11 is 5.78. The van der Waals surface area contributed by atoms with Crippen LogP contribution in [0, 0.1) is 5.82 Å². The first kappa shape index (κ1) is 15.8. The highest BCUT2D eigenvalue weighted by Crippen LogP contribution is 2.17. The number of carboxylic acid groups (broad SMARTS) is 1. The van der Waals surface area contributed by atoms with Crippen molar-refractivity contribution in [2.24, 2.45) is 0 Å². The molecule has 0 saturated carbocycles. The molecule has 24 heavy (non-hydrogen) atoms. The van der Waals surface area contributed by atoms with Crippen molar-refractivity contribution in [2.75, 3.05) is 0 Å². The molecule has 1 aromatic carbocycles. The monoisotopic (exact) mass is 345 g/mol. The van der Waals surface area contributed by atoms with E-state index in [0.29, 0.717) is 10.7 Å². The molecule has 0 aliphatic carbocycles. The first-order valence-electron chi connectivity index (χ1n) is 6.71. The number of pyridine rings is 1. The van der Waals surface area contributed by atoms with Crippen LogP contribution >= 0.6 is 11.6 Å². The zero-order chi connectivity index (χ0) is 17.3. The largest absolute Gasteiger partial charge is 0.477 e. The molecular weight excluding hydrogens is 337 g/mol. The van der Waals surface area contributed by atoms with E-state index >= 15 is 0 Å². The highest BCUT2D eigenvalue weighted by Gasteiger charge is 2.17. The minimum absolute atomic E-state index is 0.110. The zero-order valence-corrected chi connectivity index (χ0v) is 12.7. The Morgan fingerprint density at radius 1 is 1.17 bits per heavy atom. The summed E-state index contributed by atoms with van der Waals surface area (Å²) < 4.78 is 14.3. The molecule has 0 aliphatic rings. The average molecular weight is 346 g/mol. The van der Waals surface area contributed by atoms with Crippen LogP contribution in [0.1, 0.15) is 10.4 Å². The molecule has 120 valence electrons. The number of rotatable bonds is 3. The quantitative estimate of drug-likeness (QED) is 0.789. The molecule has 3 rings (SSSR count). The van der Waals surface area contributed by atoms with Gasteiger partial charge in [-0.15, -0.1) is 0 Å². The lowest BCUT2D eigenvalue weighted by Gasteiger charge is -2.09. The van der Waals surface area contributed by atoms with Crippen molar-refractivity contribution < 1.29 is 14.3 Å². The van der Waals surface area contributed by atoms with Gasteiger partial charge in [-0.2, -0.15) is 9.78 Å². The van der Waals surface area contributed by atoms with E-state index in [4.69, 9.17) is 11.6 Å². The maximum atomic E-state index is 13.4. The van der Waals surface area contributed by atoms with Gasteiger partial charge >= 0.3 is 5.97 Å². The van der Waals surface area contributed by atoms with Gasteiger partial charge in [-0.05, 0) is 36.4 Å². The molecule has 0 fully saturated rings. The first-order chi connectivity index (χ1) is 11.5. The van der Waals surface area contributed by atoms with Gasteiger partial charge in [0.05, 0.1) is 16.4 Å². The van der Waals surface area contributed by atoms with Crippen molar-refractivity contribution in [3.8, 4) is 17.1 Å². The number of nitrogens with zero attached hydrogens (tertiary/aromatic N) is 3. The SMILES string of the molecule is O=C(O)c1cc(-c2ccc(Cl)cn2)nn(-c2cccc(F)c2)c1=O. The fraction of sp³-hybridized carbons (Fsp3) is 0. The summed E-state index contributed by atoms with van der Waals surface area (Å²) in [6, 6.07) is 9.35. The van der Waals surface area contributed by atoms with Crippen LogP contribution in [-0.4, -0.2) is 25.8 Å². The van der Waals surface area contributed by atoms with Crippen LogP contribution in [-0.2, 0) is 0 Å². The third-order valence-electron chi connectivity index (χ3n) is 3.18. The highest BCUT2D eigenvalue weighted by atomic mass is 35.5. The van der Waals surface area contributed by atoms with E-state index in [2.05, 4.69) is 10.1 Å². The maximum absolute atomic E-state index is 13.4. The molecule has 2 aromatic heterocycles. The second kappa shape index (κ2) is 6.21. The van der Waals surface area contributed by atoms with E-state index in [1.165, 1.54) is 30.5 Å². The van der Waals surface area contributed by atoms with Crippen molar-refractivity contribution in [1.29, 1.82) is 0 Å². The summed E-state index contributed by atoms with van der Waals surface area (Å²) in [5.41, 5.74) is -0.787.